The summed E-state index contributed by atoms with van der Waals surface area (Å²) in [5.41, 5.74) is 3.28. The number of aryl methyl sites for hydroxylation is 1. The summed E-state index contributed by atoms with van der Waals surface area (Å²) in [6, 6.07) is 29.9. The van der Waals surface area contributed by atoms with E-state index in [1.165, 1.54) is 29.2 Å². The zero-order chi connectivity index (χ0) is 43.8. The topological polar surface area (TPSA) is 192 Å². The van der Waals surface area contributed by atoms with Gasteiger partial charge in [0.15, 0.2) is 0 Å². The Hall–Kier alpha value is -7.00. The van der Waals surface area contributed by atoms with Gasteiger partial charge >= 0.3 is 6.09 Å². The number of benzene rings is 5. The minimum Gasteiger partial charge on any atom is -0.489 e. The van der Waals surface area contributed by atoms with Crippen LogP contribution in [0.5, 0.6) is 11.5 Å². The summed E-state index contributed by atoms with van der Waals surface area (Å²) in [7, 11) is 0. The number of nitrogens with zero attached hydrogens (tertiary/aromatic N) is 3. The number of anilines is 1. The first-order valence-electron chi connectivity index (χ1n) is 19.3. The lowest BCUT2D eigenvalue weighted by Crippen LogP contribution is -2.53. The van der Waals surface area contributed by atoms with Gasteiger partial charge in [-0.25, -0.2) is 4.79 Å². The van der Waals surface area contributed by atoms with Gasteiger partial charge in [-0.1, -0.05) is 65.7 Å². The first-order valence-corrected chi connectivity index (χ1v) is 19.7. The number of likely N-dealkylation sites (tertiary alicyclic amines) is 1. The summed E-state index contributed by atoms with van der Waals surface area (Å²) in [5, 5.41) is 27.9. The Morgan fingerprint density at radius 2 is 1.43 bits per heavy atom. The van der Waals surface area contributed by atoms with Gasteiger partial charge in [0.1, 0.15) is 46.9 Å². The fraction of sp³-hybridized carbons (Fsp3) is 0.267. The number of nitrogens with one attached hydrogen (secondary N) is 2. The number of non-ortho nitro benzene ring substituents is 1. The lowest BCUT2D eigenvalue weighted by atomic mass is 10.0. The van der Waals surface area contributed by atoms with Crippen LogP contribution in [-0.4, -0.2) is 63.0 Å². The minimum absolute atomic E-state index is 0.0255. The Morgan fingerprint density at radius 3 is 2.03 bits per heavy atom. The van der Waals surface area contributed by atoms with Crippen LogP contribution in [0.3, 0.4) is 0 Å². The van der Waals surface area contributed by atoms with Gasteiger partial charge in [-0.3, -0.25) is 34.7 Å². The lowest BCUT2D eigenvalue weighted by Gasteiger charge is -2.29. The van der Waals surface area contributed by atoms with E-state index < -0.39 is 57.2 Å². The van der Waals surface area contributed by atoms with Gasteiger partial charge in [0.25, 0.3) is 11.4 Å². The van der Waals surface area contributed by atoms with Gasteiger partial charge in [-0.05, 0) is 98.5 Å². The summed E-state index contributed by atoms with van der Waals surface area (Å²) in [4.78, 5) is 64.5. The number of rotatable bonds is 14. The molecular formula is C45H44ClN5O10. The van der Waals surface area contributed by atoms with Crippen molar-refractivity contribution in [2.75, 3.05) is 11.9 Å². The van der Waals surface area contributed by atoms with Gasteiger partial charge in [0.05, 0.1) is 16.4 Å². The van der Waals surface area contributed by atoms with Gasteiger partial charge in [0.2, 0.25) is 11.8 Å². The Morgan fingerprint density at radius 1 is 0.820 bits per heavy atom. The second kappa shape index (κ2) is 18.9. The molecule has 61 heavy (non-hydrogen) atoms. The third kappa shape index (κ3) is 11.8. The number of amides is 3. The van der Waals surface area contributed by atoms with E-state index >= 15 is 0 Å². The molecule has 3 atom stereocenters. The fourth-order valence-electron chi connectivity index (χ4n) is 6.59. The Bertz CT molecular complexity index is 2390. The average molecular weight is 850 g/mol. The molecule has 0 radical (unpaired) electrons. The highest BCUT2D eigenvalue weighted by atomic mass is 35.5. The van der Waals surface area contributed by atoms with Gasteiger partial charge < -0.3 is 24.8 Å². The van der Waals surface area contributed by atoms with E-state index in [1.807, 2.05) is 55.5 Å². The summed E-state index contributed by atoms with van der Waals surface area (Å²) in [5.74, 6) is -0.306. The number of hydrogen-bond donors (Lipinski definition) is 2. The van der Waals surface area contributed by atoms with Crippen molar-refractivity contribution < 1.29 is 38.4 Å². The van der Waals surface area contributed by atoms with E-state index in [2.05, 4.69) is 10.6 Å². The number of halogens is 1. The summed E-state index contributed by atoms with van der Waals surface area (Å²) in [6.07, 6.45) is -1.27. The third-order valence-corrected chi connectivity index (χ3v) is 10.0. The number of nitro groups is 2. The van der Waals surface area contributed by atoms with Crippen molar-refractivity contribution in [2.24, 2.45) is 0 Å². The number of nitro benzene ring substituents is 2. The van der Waals surface area contributed by atoms with Crippen LogP contribution in [0.4, 0.5) is 21.9 Å². The van der Waals surface area contributed by atoms with E-state index in [-0.39, 0.29) is 42.4 Å². The molecule has 3 amide bonds. The second-order valence-electron chi connectivity index (χ2n) is 15.5. The van der Waals surface area contributed by atoms with Crippen molar-refractivity contribution in [3.8, 4) is 22.6 Å². The minimum atomic E-state index is -1.23. The fourth-order valence-corrected chi connectivity index (χ4v) is 6.78. The molecule has 1 fully saturated rings. The molecule has 15 nitrogen and oxygen atoms in total. The maximum absolute atomic E-state index is 14.3. The zero-order valence-corrected chi connectivity index (χ0v) is 34.6. The normalized spacial score (nSPS) is 15.3. The van der Waals surface area contributed by atoms with Crippen molar-refractivity contribution in [2.45, 2.75) is 70.9 Å². The number of hydrogen-bond acceptors (Lipinski definition) is 10. The lowest BCUT2D eigenvalue weighted by molar-refractivity contribution is -0.385. The molecule has 0 bridgehead atoms. The third-order valence-electron chi connectivity index (χ3n) is 9.69. The monoisotopic (exact) mass is 849 g/mol. The highest BCUT2D eigenvalue weighted by molar-refractivity contribution is 6.32. The Balaban J connectivity index is 1.20. The molecule has 1 aliphatic heterocycles. The van der Waals surface area contributed by atoms with Gasteiger partial charge in [0, 0.05) is 36.7 Å². The number of carbonyl (C=O) groups is 3. The molecule has 0 spiro atoms. The van der Waals surface area contributed by atoms with Crippen molar-refractivity contribution in [1.82, 2.24) is 10.2 Å². The van der Waals surface area contributed by atoms with E-state index in [0.717, 1.165) is 22.8 Å². The molecule has 0 aromatic heterocycles. The highest BCUT2D eigenvalue weighted by Crippen LogP contribution is 2.30. The van der Waals surface area contributed by atoms with Crippen LogP contribution in [0, 0.1) is 27.2 Å². The maximum atomic E-state index is 14.3. The van der Waals surface area contributed by atoms with Crippen molar-refractivity contribution >= 4 is 46.6 Å². The molecule has 6 rings (SSSR count). The average Bonchev–Trinajstić information content (AvgIpc) is 3.65. The zero-order valence-electron chi connectivity index (χ0n) is 33.8. The van der Waals surface area contributed by atoms with Crippen LogP contribution in [0.15, 0.2) is 115 Å². The van der Waals surface area contributed by atoms with Crippen LogP contribution >= 0.6 is 11.6 Å². The molecular weight excluding hydrogens is 806 g/mol. The standard InChI is InChI=1S/C45H44ClN5O10/c1-28-5-11-31(12-6-28)32-13-20-36(21-14-32)60-37-25-41(49(26-37)44(54)61-45(2,3)4)43(53)48-39(42(52)47-33-15-22-38(46)40(24-33)51(57)58)23-29-9-18-35(19-10-29)59-27-30-7-16-34(17-8-30)50(55)56/h5-22,24,37,39,41H,23,25-27H2,1-4H3,(H,47,52)(H,48,53)/t37-,39-,41-/m0/s1. The van der Waals surface area contributed by atoms with Crippen molar-refractivity contribution in [3.05, 3.63) is 157 Å². The molecule has 1 aliphatic rings. The molecule has 1 saturated heterocycles. The first kappa shape index (κ1) is 43.6. The van der Waals surface area contributed by atoms with Crippen LogP contribution in [-0.2, 0) is 27.4 Å². The van der Waals surface area contributed by atoms with Crippen molar-refractivity contribution in [1.29, 1.82) is 0 Å². The molecule has 0 unspecified atom stereocenters. The highest BCUT2D eigenvalue weighted by Gasteiger charge is 2.43. The summed E-state index contributed by atoms with van der Waals surface area (Å²) in [6.45, 7) is 7.34. The van der Waals surface area contributed by atoms with E-state index in [9.17, 15) is 34.6 Å². The Labute approximate surface area is 356 Å². The second-order valence-corrected chi connectivity index (χ2v) is 16.0. The smallest absolute Gasteiger partial charge is 0.411 e. The quantitative estimate of drug-likeness (QED) is 0.0806. The van der Waals surface area contributed by atoms with Crippen LogP contribution in [0.25, 0.3) is 11.1 Å². The van der Waals surface area contributed by atoms with E-state index in [1.54, 1.807) is 57.2 Å². The van der Waals surface area contributed by atoms with Crippen LogP contribution < -0.4 is 20.1 Å². The van der Waals surface area contributed by atoms with Gasteiger partial charge in [-0.2, -0.15) is 0 Å². The number of carbonyl (C=O) groups excluding carboxylic acids is 3. The molecule has 16 heteroatoms. The largest absolute Gasteiger partial charge is 0.489 e. The van der Waals surface area contributed by atoms with Crippen molar-refractivity contribution in [3.63, 3.8) is 0 Å². The predicted molar refractivity (Wildman–Crippen MR) is 229 cm³/mol. The SMILES string of the molecule is Cc1ccc(-c2ccc(O[C@H]3C[C@@H](C(=O)N[C@@H](Cc4ccc(OCc5ccc([N+](=O)[O-])cc5)cc4)C(=O)Nc4ccc(Cl)c([N+](=O)[O-])c4)N(C(=O)OC(C)(C)C)C3)cc2)cc1. The van der Waals surface area contributed by atoms with E-state index in [4.69, 9.17) is 25.8 Å². The summed E-state index contributed by atoms with van der Waals surface area (Å²) >= 11 is 6.01. The molecule has 0 saturated carbocycles. The van der Waals surface area contributed by atoms with E-state index in [0.29, 0.717) is 22.6 Å². The van der Waals surface area contributed by atoms with Crippen LogP contribution in [0.2, 0.25) is 5.02 Å². The van der Waals surface area contributed by atoms with Crippen LogP contribution in [0.1, 0.15) is 43.9 Å². The molecule has 5 aromatic rings. The maximum Gasteiger partial charge on any atom is 0.411 e. The Kier molecular flexibility index (Phi) is 13.5. The predicted octanol–water partition coefficient (Wildman–Crippen LogP) is 8.83. The molecule has 5 aromatic carbocycles. The van der Waals surface area contributed by atoms with Gasteiger partial charge in [-0.15, -0.1) is 0 Å². The molecule has 2 N–H and O–H groups in total. The summed E-state index contributed by atoms with van der Waals surface area (Å²) < 4.78 is 17.8. The first-order chi connectivity index (χ1) is 29.0. The molecule has 1 heterocycles. The number of ether oxygens (including phenoxy) is 3. The molecule has 0 aliphatic carbocycles. The molecule has 316 valence electrons.